The highest BCUT2D eigenvalue weighted by atomic mass is 35.5. The molecule has 1 atom stereocenters. The third-order valence-electron chi connectivity index (χ3n) is 3.08. The summed E-state index contributed by atoms with van der Waals surface area (Å²) in [5, 5.41) is 0.627. The molecule has 0 aromatic heterocycles. The van der Waals surface area contributed by atoms with Gasteiger partial charge in [-0.25, -0.2) is 0 Å². The Hall–Kier alpha value is -2.06. The number of benzene rings is 2. The van der Waals surface area contributed by atoms with Gasteiger partial charge in [-0.3, -0.25) is 4.79 Å². The van der Waals surface area contributed by atoms with E-state index in [4.69, 9.17) is 16.3 Å². The number of carbonyl (C=O) groups excluding carboxylic acids is 1. The van der Waals surface area contributed by atoms with Gasteiger partial charge in [0.25, 0.3) is 0 Å². The monoisotopic (exact) mass is 270 g/mol. The molecule has 0 aliphatic carbocycles. The Morgan fingerprint density at radius 1 is 1.11 bits per heavy atom. The van der Waals surface area contributed by atoms with Crippen LogP contribution in [0.25, 0.3) is 6.08 Å². The molecule has 2 aromatic rings. The van der Waals surface area contributed by atoms with Gasteiger partial charge < -0.3 is 4.74 Å². The van der Waals surface area contributed by atoms with Crippen molar-refractivity contribution >= 4 is 24.0 Å². The normalized spacial score (nSPS) is 17.1. The van der Waals surface area contributed by atoms with Gasteiger partial charge in [-0.1, -0.05) is 41.9 Å². The lowest BCUT2D eigenvalue weighted by atomic mass is 9.97. The van der Waals surface area contributed by atoms with Gasteiger partial charge in [0.2, 0.25) is 0 Å². The molecule has 2 aromatic carbocycles. The zero-order valence-electron chi connectivity index (χ0n) is 10.0. The minimum atomic E-state index is -0.354. The van der Waals surface area contributed by atoms with Crippen LogP contribution in [0.2, 0.25) is 5.02 Å². The van der Waals surface area contributed by atoms with Crippen molar-refractivity contribution in [3.8, 4) is 5.75 Å². The zero-order chi connectivity index (χ0) is 13.2. The van der Waals surface area contributed by atoms with Crippen molar-refractivity contribution in [2.45, 2.75) is 6.10 Å². The largest absolute Gasteiger partial charge is 0.480 e. The number of aldehydes is 1. The van der Waals surface area contributed by atoms with Crippen LogP contribution < -0.4 is 4.74 Å². The predicted molar refractivity (Wildman–Crippen MR) is 75.3 cm³/mol. The van der Waals surface area contributed by atoms with E-state index in [0.29, 0.717) is 10.6 Å². The van der Waals surface area contributed by atoms with Gasteiger partial charge in [-0.2, -0.15) is 0 Å². The molecule has 3 heteroatoms. The molecule has 1 aliphatic heterocycles. The van der Waals surface area contributed by atoms with Crippen LogP contribution in [0.4, 0.5) is 0 Å². The van der Waals surface area contributed by atoms with Crippen LogP contribution in [-0.4, -0.2) is 6.29 Å². The molecule has 0 saturated heterocycles. The van der Waals surface area contributed by atoms with Crippen molar-refractivity contribution in [1.29, 1.82) is 0 Å². The summed E-state index contributed by atoms with van der Waals surface area (Å²) in [5.41, 5.74) is 2.39. The van der Waals surface area contributed by atoms with Crippen LogP contribution in [0.15, 0.2) is 54.1 Å². The van der Waals surface area contributed by atoms with Crippen molar-refractivity contribution in [3.63, 3.8) is 0 Å². The zero-order valence-corrected chi connectivity index (χ0v) is 10.8. The van der Waals surface area contributed by atoms with Gasteiger partial charge in [0, 0.05) is 16.2 Å². The van der Waals surface area contributed by atoms with Gasteiger partial charge in [0.05, 0.1) is 0 Å². The molecule has 0 bridgehead atoms. The first-order valence-corrected chi connectivity index (χ1v) is 6.33. The number of carbonyl (C=O) groups is 1. The molecule has 1 aliphatic rings. The van der Waals surface area contributed by atoms with Crippen molar-refractivity contribution in [1.82, 2.24) is 0 Å². The summed E-state index contributed by atoms with van der Waals surface area (Å²) in [4.78, 5) is 11.3. The van der Waals surface area contributed by atoms with E-state index >= 15 is 0 Å². The number of halogens is 1. The molecule has 3 rings (SSSR count). The Labute approximate surface area is 116 Å². The second-order valence-electron chi connectivity index (χ2n) is 4.35. The van der Waals surface area contributed by atoms with Crippen molar-refractivity contribution < 1.29 is 9.53 Å². The summed E-state index contributed by atoms with van der Waals surface area (Å²) < 4.78 is 5.92. The van der Waals surface area contributed by atoms with Crippen LogP contribution in [0.3, 0.4) is 0 Å². The Morgan fingerprint density at radius 2 is 1.89 bits per heavy atom. The van der Waals surface area contributed by atoms with Crippen molar-refractivity contribution in [2.24, 2.45) is 0 Å². The van der Waals surface area contributed by atoms with Gasteiger partial charge in [0.1, 0.15) is 12.0 Å². The van der Waals surface area contributed by atoms with Gasteiger partial charge in [-0.05, 0) is 29.8 Å². The van der Waals surface area contributed by atoms with Gasteiger partial charge >= 0.3 is 0 Å². The lowest BCUT2D eigenvalue weighted by Crippen LogP contribution is -2.15. The molecule has 0 spiro atoms. The molecule has 1 heterocycles. The smallest absolute Gasteiger partial charge is 0.152 e. The Kier molecular flexibility index (Phi) is 3.10. The maximum Gasteiger partial charge on any atom is 0.152 e. The van der Waals surface area contributed by atoms with E-state index in [1.54, 1.807) is 12.1 Å². The molecule has 0 saturated carbocycles. The van der Waals surface area contributed by atoms with Crippen LogP contribution >= 0.6 is 11.6 Å². The highest BCUT2D eigenvalue weighted by molar-refractivity contribution is 6.30. The van der Waals surface area contributed by atoms with Gasteiger partial charge in [0.15, 0.2) is 6.10 Å². The van der Waals surface area contributed by atoms with Crippen molar-refractivity contribution in [2.75, 3.05) is 0 Å². The molecular formula is C16H11ClO2. The second-order valence-corrected chi connectivity index (χ2v) is 4.79. The molecule has 0 N–H and O–H groups in total. The Balaban J connectivity index is 2.07. The topological polar surface area (TPSA) is 26.3 Å². The molecular weight excluding hydrogens is 260 g/mol. The summed E-state index contributed by atoms with van der Waals surface area (Å²) in [7, 11) is 0. The standard InChI is InChI=1S/C16H11ClO2/c17-14-6-7-15-12(9-14)8-13(10-18)16(19-15)11-4-2-1-3-5-11/h1-10,16H/t16-/m1/s1. The van der Waals surface area contributed by atoms with Gasteiger partial charge in [-0.15, -0.1) is 0 Å². The lowest BCUT2D eigenvalue weighted by molar-refractivity contribution is -0.105. The fourth-order valence-corrected chi connectivity index (χ4v) is 2.35. The number of hydrogen-bond acceptors (Lipinski definition) is 2. The number of fused-ring (bicyclic) bond motifs is 1. The summed E-state index contributed by atoms with van der Waals surface area (Å²) >= 11 is 5.95. The fourth-order valence-electron chi connectivity index (χ4n) is 2.17. The minimum absolute atomic E-state index is 0.354. The van der Waals surface area contributed by atoms with Crippen LogP contribution in [0.1, 0.15) is 17.2 Å². The van der Waals surface area contributed by atoms with E-state index in [1.807, 2.05) is 42.5 Å². The fraction of sp³-hybridized carbons (Fsp3) is 0.0625. The average Bonchev–Trinajstić information content (AvgIpc) is 2.46. The molecule has 0 amide bonds. The Bertz CT molecular complexity index is 647. The lowest BCUT2D eigenvalue weighted by Gasteiger charge is -2.25. The van der Waals surface area contributed by atoms with E-state index < -0.39 is 0 Å². The first-order chi connectivity index (χ1) is 9.28. The predicted octanol–water partition coefficient (Wildman–Crippen LogP) is 4.06. The molecule has 0 unspecified atom stereocenters. The highest BCUT2D eigenvalue weighted by Crippen LogP contribution is 2.37. The number of rotatable bonds is 2. The Morgan fingerprint density at radius 3 is 2.63 bits per heavy atom. The first kappa shape index (κ1) is 12.0. The van der Waals surface area contributed by atoms with Crippen LogP contribution in [0.5, 0.6) is 5.75 Å². The number of hydrogen-bond donors (Lipinski definition) is 0. The van der Waals surface area contributed by atoms with Crippen molar-refractivity contribution in [3.05, 3.63) is 70.3 Å². The maximum absolute atomic E-state index is 11.3. The van der Waals surface area contributed by atoms with E-state index in [2.05, 4.69) is 0 Å². The molecule has 19 heavy (non-hydrogen) atoms. The molecule has 0 radical (unpaired) electrons. The average molecular weight is 271 g/mol. The quantitative estimate of drug-likeness (QED) is 0.770. The summed E-state index contributed by atoms with van der Waals surface area (Å²) in [6, 6.07) is 15.1. The summed E-state index contributed by atoms with van der Waals surface area (Å²) in [5.74, 6) is 0.740. The highest BCUT2D eigenvalue weighted by Gasteiger charge is 2.23. The van der Waals surface area contributed by atoms with Crippen LogP contribution in [0, 0.1) is 0 Å². The molecule has 94 valence electrons. The second kappa shape index (κ2) is 4.90. The molecule has 0 fully saturated rings. The summed E-state index contributed by atoms with van der Waals surface area (Å²) in [6.45, 7) is 0. The van der Waals surface area contributed by atoms with E-state index in [9.17, 15) is 4.79 Å². The SMILES string of the molecule is O=CC1=Cc2cc(Cl)ccc2O[C@@H]1c1ccccc1. The van der Waals surface area contributed by atoms with Crippen LogP contribution in [-0.2, 0) is 4.79 Å². The number of ether oxygens (including phenoxy) is 1. The summed E-state index contributed by atoms with van der Waals surface area (Å²) in [6.07, 6.45) is 2.31. The third kappa shape index (κ3) is 2.27. The van der Waals surface area contributed by atoms with E-state index in [0.717, 1.165) is 23.2 Å². The maximum atomic E-state index is 11.3. The van der Waals surface area contributed by atoms with E-state index in [1.165, 1.54) is 0 Å². The van der Waals surface area contributed by atoms with E-state index in [-0.39, 0.29) is 6.10 Å². The molecule has 2 nitrogen and oxygen atoms in total. The first-order valence-electron chi connectivity index (χ1n) is 5.96. The minimum Gasteiger partial charge on any atom is -0.480 e. The third-order valence-corrected chi connectivity index (χ3v) is 3.32.